The number of carboxylic acids is 1. The Morgan fingerprint density at radius 1 is 1.39 bits per heavy atom. The van der Waals surface area contributed by atoms with Gasteiger partial charge in [0.15, 0.2) is 11.5 Å². The molecule has 0 saturated heterocycles. The normalized spacial score (nSPS) is 10.3. The Balaban J connectivity index is 2.65. The van der Waals surface area contributed by atoms with Crippen molar-refractivity contribution in [2.75, 3.05) is 0 Å². The summed E-state index contributed by atoms with van der Waals surface area (Å²) in [6, 6.07) is 2.58. The Hall–Kier alpha value is -2.48. The zero-order valence-corrected chi connectivity index (χ0v) is 9.38. The van der Waals surface area contributed by atoms with Crippen LogP contribution in [0.2, 0.25) is 5.02 Å². The largest absolute Gasteiger partial charge is 0.476 e. The second-order valence-electron chi connectivity index (χ2n) is 3.16. The molecule has 2 N–H and O–H groups in total. The third-order valence-corrected chi connectivity index (χ3v) is 2.27. The van der Waals surface area contributed by atoms with Gasteiger partial charge in [0.2, 0.25) is 0 Å². The van der Waals surface area contributed by atoms with Gasteiger partial charge in [0, 0.05) is 0 Å². The van der Waals surface area contributed by atoms with Gasteiger partial charge in [-0.05, 0) is 12.1 Å². The average Bonchev–Trinajstić information content (AvgIpc) is 2.30. The summed E-state index contributed by atoms with van der Waals surface area (Å²) in [6.45, 7) is 0. The summed E-state index contributed by atoms with van der Waals surface area (Å²) in [5.74, 6) is -1.39. The van der Waals surface area contributed by atoms with E-state index in [-0.39, 0.29) is 10.8 Å². The number of halogens is 1. The van der Waals surface area contributed by atoms with Crippen LogP contribution in [0.5, 0.6) is 0 Å². The quantitative estimate of drug-likeness (QED) is 0.770. The van der Waals surface area contributed by atoms with E-state index in [0.29, 0.717) is 0 Å². The molecule has 0 atom stereocenters. The molecule has 0 aromatic carbocycles. The predicted octanol–water partition coefficient (Wildman–Crippen LogP) is -0.333. The highest BCUT2D eigenvalue weighted by molar-refractivity contribution is 6.33. The number of aromatic nitrogens is 4. The first-order valence-corrected chi connectivity index (χ1v) is 4.95. The van der Waals surface area contributed by atoms with Crippen LogP contribution in [0.3, 0.4) is 0 Å². The lowest BCUT2D eigenvalue weighted by molar-refractivity contribution is 0.0690. The van der Waals surface area contributed by atoms with Crippen molar-refractivity contribution in [1.82, 2.24) is 19.7 Å². The minimum atomic E-state index is -1.33. The number of aromatic carboxylic acids is 1. The smallest absolute Gasteiger partial charge is 0.356 e. The Bertz CT molecular complexity index is 736. The fourth-order valence-corrected chi connectivity index (χ4v) is 1.40. The highest BCUT2D eigenvalue weighted by Gasteiger charge is 2.13. The van der Waals surface area contributed by atoms with E-state index in [0.717, 1.165) is 10.9 Å². The standard InChI is InChI=1S/C9H5ClN4O4/c10-4-1-2-5(12-7(4)8(16)17)14-9(18)13-6(15)3-11-14/h1-3H,(H,16,17)(H,13,15,18). The lowest BCUT2D eigenvalue weighted by Crippen LogP contribution is -2.31. The molecule has 2 heterocycles. The van der Waals surface area contributed by atoms with E-state index in [2.05, 4.69) is 10.1 Å². The van der Waals surface area contributed by atoms with Gasteiger partial charge in [0.25, 0.3) is 5.56 Å². The molecule has 2 aromatic heterocycles. The number of hydrogen-bond acceptors (Lipinski definition) is 5. The third kappa shape index (κ3) is 2.13. The number of nitrogens with zero attached hydrogens (tertiary/aromatic N) is 3. The van der Waals surface area contributed by atoms with Crippen LogP contribution in [0, 0.1) is 0 Å². The molecule has 0 spiro atoms. The van der Waals surface area contributed by atoms with Crippen LogP contribution in [-0.2, 0) is 0 Å². The molecular formula is C9H5ClN4O4. The molecule has 0 aliphatic heterocycles. The summed E-state index contributed by atoms with van der Waals surface area (Å²) in [5.41, 5.74) is -1.90. The number of pyridine rings is 1. The summed E-state index contributed by atoms with van der Waals surface area (Å²) < 4.78 is 0.754. The van der Waals surface area contributed by atoms with Crippen LogP contribution < -0.4 is 11.2 Å². The first kappa shape index (κ1) is 12.0. The SMILES string of the molecule is O=C(O)c1nc(-n2ncc(=O)[nH]c2=O)ccc1Cl. The summed E-state index contributed by atoms with van der Waals surface area (Å²) in [7, 11) is 0. The van der Waals surface area contributed by atoms with Crippen LogP contribution in [0.1, 0.15) is 10.5 Å². The molecule has 92 valence electrons. The Morgan fingerprint density at radius 3 is 2.72 bits per heavy atom. The van der Waals surface area contributed by atoms with Crippen LogP contribution in [0.4, 0.5) is 0 Å². The van der Waals surface area contributed by atoms with Gasteiger partial charge in [0.1, 0.15) is 6.20 Å². The maximum absolute atomic E-state index is 11.4. The number of hydrogen-bond donors (Lipinski definition) is 2. The molecule has 9 heteroatoms. The van der Waals surface area contributed by atoms with Crippen molar-refractivity contribution >= 4 is 17.6 Å². The summed E-state index contributed by atoms with van der Waals surface area (Å²) in [4.78, 5) is 38.7. The monoisotopic (exact) mass is 268 g/mol. The van der Waals surface area contributed by atoms with Crippen molar-refractivity contribution in [1.29, 1.82) is 0 Å². The summed E-state index contributed by atoms with van der Waals surface area (Å²) in [5, 5.41) is 12.3. The molecule has 0 unspecified atom stereocenters. The van der Waals surface area contributed by atoms with Gasteiger partial charge in [-0.3, -0.25) is 9.78 Å². The van der Waals surface area contributed by atoms with Crippen molar-refractivity contribution in [2.24, 2.45) is 0 Å². The number of H-pyrrole nitrogens is 1. The maximum atomic E-state index is 11.4. The Morgan fingerprint density at radius 2 is 2.11 bits per heavy atom. The molecule has 0 radical (unpaired) electrons. The van der Waals surface area contributed by atoms with E-state index in [1.807, 2.05) is 4.98 Å². The Labute approximate surface area is 103 Å². The molecule has 8 nitrogen and oxygen atoms in total. The number of nitrogens with one attached hydrogen (secondary N) is 1. The third-order valence-electron chi connectivity index (χ3n) is 1.96. The van der Waals surface area contributed by atoms with Crippen molar-refractivity contribution in [3.8, 4) is 5.82 Å². The van der Waals surface area contributed by atoms with Gasteiger partial charge < -0.3 is 5.11 Å². The topological polar surface area (TPSA) is 118 Å². The van der Waals surface area contributed by atoms with Crippen LogP contribution in [0.25, 0.3) is 5.82 Å². The van der Waals surface area contributed by atoms with Crippen LogP contribution in [-0.4, -0.2) is 30.8 Å². The minimum absolute atomic E-state index is 0.0574. The maximum Gasteiger partial charge on any atom is 0.356 e. The zero-order valence-electron chi connectivity index (χ0n) is 8.62. The summed E-state index contributed by atoms with van der Waals surface area (Å²) >= 11 is 5.63. The van der Waals surface area contributed by atoms with Gasteiger partial charge in [-0.15, -0.1) is 0 Å². The highest BCUT2D eigenvalue weighted by atomic mass is 35.5. The molecule has 0 bridgehead atoms. The fraction of sp³-hybridized carbons (Fsp3) is 0. The number of aromatic amines is 1. The molecule has 2 rings (SSSR count). The minimum Gasteiger partial charge on any atom is -0.476 e. The van der Waals surface area contributed by atoms with E-state index in [1.165, 1.54) is 12.1 Å². The van der Waals surface area contributed by atoms with Gasteiger partial charge in [0.05, 0.1) is 5.02 Å². The van der Waals surface area contributed by atoms with Gasteiger partial charge >= 0.3 is 11.7 Å². The lowest BCUT2D eigenvalue weighted by Gasteiger charge is -2.04. The number of rotatable bonds is 2. The van der Waals surface area contributed by atoms with E-state index in [4.69, 9.17) is 16.7 Å². The van der Waals surface area contributed by atoms with E-state index < -0.39 is 22.9 Å². The Kier molecular flexibility index (Phi) is 2.94. The van der Waals surface area contributed by atoms with E-state index in [9.17, 15) is 14.4 Å². The lowest BCUT2D eigenvalue weighted by atomic mass is 10.3. The van der Waals surface area contributed by atoms with E-state index in [1.54, 1.807) is 0 Å². The first-order valence-electron chi connectivity index (χ1n) is 4.58. The van der Waals surface area contributed by atoms with Crippen LogP contribution >= 0.6 is 11.6 Å². The molecule has 0 saturated carbocycles. The van der Waals surface area contributed by atoms with Crippen molar-refractivity contribution in [3.05, 3.63) is 49.9 Å². The molecule has 0 fully saturated rings. The molecule has 2 aromatic rings. The fourth-order valence-electron chi connectivity index (χ4n) is 1.22. The average molecular weight is 269 g/mol. The molecule has 0 aliphatic carbocycles. The van der Waals surface area contributed by atoms with Crippen molar-refractivity contribution < 1.29 is 9.90 Å². The van der Waals surface area contributed by atoms with Crippen molar-refractivity contribution in [3.63, 3.8) is 0 Å². The molecule has 0 aliphatic rings. The predicted molar refractivity (Wildman–Crippen MR) is 60.2 cm³/mol. The van der Waals surface area contributed by atoms with Crippen molar-refractivity contribution in [2.45, 2.75) is 0 Å². The van der Waals surface area contributed by atoms with Gasteiger partial charge in [-0.25, -0.2) is 14.6 Å². The highest BCUT2D eigenvalue weighted by Crippen LogP contribution is 2.14. The van der Waals surface area contributed by atoms with E-state index >= 15 is 0 Å². The molecule has 18 heavy (non-hydrogen) atoms. The molecule has 0 amide bonds. The van der Waals surface area contributed by atoms with Gasteiger partial charge in [-0.2, -0.15) is 9.78 Å². The number of carboxylic acid groups (broad SMARTS) is 1. The number of carbonyl (C=O) groups is 1. The zero-order chi connectivity index (χ0) is 13.3. The molecular weight excluding hydrogens is 264 g/mol. The first-order chi connectivity index (χ1) is 8.49. The second kappa shape index (κ2) is 4.41. The van der Waals surface area contributed by atoms with Gasteiger partial charge in [-0.1, -0.05) is 11.6 Å². The van der Waals surface area contributed by atoms with Crippen LogP contribution in [0.15, 0.2) is 27.9 Å². The summed E-state index contributed by atoms with van der Waals surface area (Å²) in [6.07, 6.45) is 0.873. The second-order valence-corrected chi connectivity index (χ2v) is 3.56.